The minimum atomic E-state index is -0.539. The number of carbonyl (C=O) groups excluding carboxylic acids is 2. The fourth-order valence-corrected chi connectivity index (χ4v) is 1.94. The van der Waals surface area contributed by atoms with Crippen LogP contribution in [0.5, 0.6) is 0 Å². The molecule has 1 amide bonds. The standard InChI is InChI=1S/C10H19N3O2/c1-6(11)10(15)13-5-8(12-3)4-9(13)7(2)14/h6,8-9,12H,4-5,11H2,1-3H3. The summed E-state index contributed by atoms with van der Waals surface area (Å²) in [5.41, 5.74) is 5.54. The SMILES string of the molecule is CNC1CC(C(C)=O)N(C(=O)C(C)N)C1. The second kappa shape index (κ2) is 4.72. The molecule has 0 radical (unpaired) electrons. The van der Waals surface area contributed by atoms with Crippen LogP contribution in [0.4, 0.5) is 0 Å². The lowest BCUT2D eigenvalue weighted by atomic mass is 10.1. The minimum Gasteiger partial charge on any atom is -0.330 e. The molecule has 15 heavy (non-hydrogen) atoms. The summed E-state index contributed by atoms with van der Waals surface area (Å²) < 4.78 is 0. The molecule has 3 N–H and O–H groups in total. The molecule has 0 spiro atoms. The Kier molecular flexibility index (Phi) is 3.82. The van der Waals surface area contributed by atoms with Crippen molar-refractivity contribution in [3.63, 3.8) is 0 Å². The van der Waals surface area contributed by atoms with Crippen LogP contribution in [0.25, 0.3) is 0 Å². The first-order valence-electron chi connectivity index (χ1n) is 5.21. The van der Waals surface area contributed by atoms with Crippen molar-refractivity contribution in [3.05, 3.63) is 0 Å². The molecule has 5 heteroatoms. The zero-order valence-electron chi connectivity index (χ0n) is 9.49. The van der Waals surface area contributed by atoms with E-state index in [-0.39, 0.29) is 23.8 Å². The summed E-state index contributed by atoms with van der Waals surface area (Å²) >= 11 is 0. The van der Waals surface area contributed by atoms with Crippen molar-refractivity contribution in [1.29, 1.82) is 0 Å². The molecule has 0 aromatic carbocycles. The number of nitrogens with two attached hydrogens (primary N) is 1. The zero-order chi connectivity index (χ0) is 11.6. The van der Waals surface area contributed by atoms with E-state index in [4.69, 9.17) is 5.73 Å². The molecule has 1 aliphatic heterocycles. The van der Waals surface area contributed by atoms with E-state index in [0.717, 1.165) is 0 Å². The number of nitrogens with one attached hydrogen (secondary N) is 1. The van der Waals surface area contributed by atoms with E-state index >= 15 is 0 Å². The fourth-order valence-electron chi connectivity index (χ4n) is 1.94. The highest BCUT2D eigenvalue weighted by molar-refractivity contribution is 5.90. The topological polar surface area (TPSA) is 75.4 Å². The summed E-state index contributed by atoms with van der Waals surface area (Å²) in [6.45, 7) is 3.73. The highest BCUT2D eigenvalue weighted by Gasteiger charge is 2.37. The van der Waals surface area contributed by atoms with Crippen LogP contribution >= 0.6 is 0 Å². The third-order valence-electron chi connectivity index (χ3n) is 2.85. The second-order valence-corrected chi connectivity index (χ2v) is 4.13. The monoisotopic (exact) mass is 213 g/mol. The lowest BCUT2D eigenvalue weighted by Gasteiger charge is -2.24. The van der Waals surface area contributed by atoms with Crippen LogP contribution in [0.1, 0.15) is 20.3 Å². The molecule has 1 fully saturated rings. The maximum absolute atomic E-state index is 11.7. The van der Waals surface area contributed by atoms with E-state index in [1.54, 1.807) is 11.8 Å². The van der Waals surface area contributed by atoms with Crippen LogP contribution in [0.15, 0.2) is 0 Å². The van der Waals surface area contributed by atoms with Crippen LogP contribution in [-0.2, 0) is 9.59 Å². The van der Waals surface area contributed by atoms with Gasteiger partial charge in [-0.2, -0.15) is 0 Å². The van der Waals surface area contributed by atoms with Gasteiger partial charge in [0, 0.05) is 12.6 Å². The Morgan fingerprint density at radius 3 is 2.53 bits per heavy atom. The number of nitrogens with zero attached hydrogens (tertiary/aromatic N) is 1. The van der Waals surface area contributed by atoms with E-state index in [0.29, 0.717) is 13.0 Å². The number of carbonyl (C=O) groups is 2. The number of Topliss-reactive ketones (excluding diaryl/α,β-unsaturated/α-hetero) is 1. The molecule has 0 bridgehead atoms. The second-order valence-electron chi connectivity index (χ2n) is 4.13. The van der Waals surface area contributed by atoms with Gasteiger partial charge in [-0.1, -0.05) is 0 Å². The number of likely N-dealkylation sites (tertiary alicyclic amines) is 1. The maximum Gasteiger partial charge on any atom is 0.239 e. The Balaban J connectivity index is 2.77. The fraction of sp³-hybridized carbons (Fsp3) is 0.800. The molecule has 3 unspecified atom stereocenters. The molecule has 0 aliphatic carbocycles. The van der Waals surface area contributed by atoms with Crippen molar-refractivity contribution >= 4 is 11.7 Å². The summed E-state index contributed by atoms with van der Waals surface area (Å²) in [6.07, 6.45) is 0.685. The van der Waals surface area contributed by atoms with Gasteiger partial charge in [0.1, 0.15) is 0 Å². The van der Waals surface area contributed by atoms with Crippen LogP contribution in [0.2, 0.25) is 0 Å². The molecule has 86 valence electrons. The third-order valence-corrected chi connectivity index (χ3v) is 2.85. The van der Waals surface area contributed by atoms with Crippen LogP contribution in [-0.4, -0.2) is 48.3 Å². The summed E-state index contributed by atoms with van der Waals surface area (Å²) in [7, 11) is 1.84. The van der Waals surface area contributed by atoms with Crippen molar-refractivity contribution < 1.29 is 9.59 Å². The van der Waals surface area contributed by atoms with Gasteiger partial charge in [0.05, 0.1) is 12.1 Å². The van der Waals surface area contributed by atoms with Crippen molar-refractivity contribution in [2.45, 2.75) is 38.4 Å². The highest BCUT2D eigenvalue weighted by atomic mass is 16.2. The van der Waals surface area contributed by atoms with Crippen molar-refractivity contribution in [1.82, 2.24) is 10.2 Å². The highest BCUT2D eigenvalue weighted by Crippen LogP contribution is 2.19. The Morgan fingerprint density at radius 2 is 2.13 bits per heavy atom. The van der Waals surface area contributed by atoms with Gasteiger partial charge >= 0.3 is 0 Å². The molecule has 1 saturated heterocycles. The number of amides is 1. The molecule has 0 aromatic rings. The van der Waals surface area contributed by atoms with Gasteiger partial charge in [0.2, 0.25) is 5.91 Å². The summed E-state index contributed by atoms with van der Waals surface area (Å²) in [4.78, 5) is 24.7. The van der Waals surface area contributed by atoms with Gasteiger partial charge in [-0.25, -0.2) is 0 Å². The third kappa shape index (κ3) is 2.54. The van der Waals surface area contributed by atoms with Crippen molar-refractivity contribution in [2.24, 2.45) is 5.73 Å². The number of hydrogen-bond donors (Lipinski definition) is 2. The van der Waals surface area contributed by atoms with Crippen LogP contribution in [0.3, 0.4) is 0 Å². The predicted molar refractivity (Wildman–Crippen MR) is 57.3 cm³/mol. The van der Waals surface area contributed by atoms with Gasteiger partial charge in [-0.05, 0) is 27.3 Å². The lowest BCUT2D eigenvalue weighted by Crippen LogP contribution is -2.47. The first kappa shape index (κ1) is 12.1. The summed E-state index contributed by atoms with van der Waals surface area (Å²) in [5.74, 6) is -0.116. The minimum absolute atomic E-state index is 0.0294. The van der Waals surface area contributed by atoms with Crippen molar-refractivity contribution in [2.75, 3.05) is 13.6 Å². The van der Waals surface area contributed by atoms with Gasteiger partial charge in [0.25, 0.3) is 0 Å². The van der Waals surface area contributed by atoms with E-state index in [9.17, 15) is 9.59 Å². The molecule has 0 saturated carbocycles. The van der Waals surface area contributed by atoms with Gasteiger partial charge < -0.3 is 16.0 Å². The smallest absolute Gasteiger partial charge is 0.239 e. The quantitative estimate of drug-likeness (QED) is 0.638. The van der Waals surface area contributed by atoms with Gasteiger partial charge in [-0.15, -0.1) is 0 Å². The lowest BCUT2D eigenvalue weighted by molar-refractivity contribution is -0.137. The first-order valence-corrected chi connectivity index (χ1v) is 5.21. The largest absolute Gasteiger partial charge is 0.330 e. The Hall–Kier alpha value is -0.940. The molecule has 3 atom stereocenters. The van der Waals surface area contributed by atoms with E-state index in [2.05, 4.69) is 5.32 Å². The molecular weight excluding hydrogens is 194 g/mol. The van der Waals surface area contributed by atoms with E-state index in [1.807, 2.05) is 7.05 Å². The van der Waals surface area contributed by atoms with Crippen molar-refractivity contribution in [3.8, 4) is 0 Å². The van der Waals surface area contributed by atoms with E-state index < -0.39 is 6.04 Å². The molecule has 1 rings (SSSR count). The number of hydrogen-bond acceptors (Lipinski definition) is 4. The first-order chi connectivity index (χ1) is 6.97. The maximum atomic E-state index is 11.7. The Bertz CT molecular complexity index is 265. The van der Waals surface area contributed by atoms with Crippen LogP contribution < -0.4 is 11.1 Å². The van der Waals surface area contributed by atoms with Gasteiger partial charge in [-0.3, -0.25) is 9.59 Å². The Morgan fingerprint density at radius 1 is 1.53 bits per heavy atom. The molecule has 1 aliphatic rings. The number of likely N-dealkylation sites (N-methyl/N-ethyl adjacent to an activating group) is 1. The Labute approximate surface area is 90.0 Å². The average molecular weight is 213 g/mol. The normalized spacial score (nSPS) is 27.9. The average Bonchev–Trinajstić information content (AvgIpc) is 2.60. The molecule has 0 aromatic heterocycles. The van der Waals surface area contributed by atoms with Gasteiger partial charge in [0.15, 0.2) is 5.78 Å². The van der Waals surface area contributed by atoms with E-state index in [1.165, 1.54) is 6.92 Å². The molecule has 1 heterocycles. The predicted octanol–water partition coefficient (Wildman–Crippen LogP) is -0.888. The van der Waals surface area contributed by atoms with Crippen LogP contribution in [0, 0.1) is 0 Å². The molecule has 5 nitrogen and oxygen atoms in total. The summed E-state index contributed by atoms with van der Waals surface area (Å²) in [6, 6.07) is -0.648. The number of ketones is 1. The summed E-state index contributed by atoms with van der Waals surface area (Å²) in [5, 5.41) is 3.09. The zero-order valence-corrected chi connectivity index (χ0v) is 9.49. The number of rotatable bonds is 3. The molecular formula is C10H19N3O2.